The molecule has 4 nitrogen and oxygen atoms in total. The summed E-state index contributed by atoms with van der Waals surface area (Å²) in [5.74, 6) is 0.566. The van der Waals surface area contributed by atoms with Crippen molar-refractivity contribution in [1.82, 2.24) is 10.2 Å². The van der Waals surface area contributed by atoms with Crippen molar-refractivity contribution >= 4 is 29.9 Å². The van der Waals surface area contributed by atoms with Gasteiger partial charge in [-0.15, -0.1) is 24.0 Å². The van der Waals surface area contributed by atoms with Gasteiger partial charge in [0.25, 0.3) is 0 Å². The Balaban J connectivity index is 0.00000361. The maximum atomic E-state index is 12.2. The van der Waals surface area contributed by atoms with Gasteiger partial charge in [0.2, 0.25) is 0 Å². The molecule has 1 aliphatic rings. The van der Waals surface area contributed by atoms with Gasteiger partial charge in [0.15, 0.2) is 5.96 Å². The lowest BCUT2D eigenvalue weighted by molar-refractivity contribution is -0.143. The summed E-state index contributed by atoms with van der Waals surface area (Å²) in [6.07, 6.45) is -1.25. The molecule has 0 saturated carbocycles. The van der Waals surface area contributed by atoms with Gasteiger partial charge in [-0.2, -0.15) is 13.2 Å². The van der Waals surface area contributed by atoms with Gasteiger partial charge >= 0.3 is 6.18 Å². The largest absolute Gasteiger partial charge is 0.401 e. The van der Waals surface area contributed by atoms with E-state index in [0.717, 1.165) is 25.8 Å². The van der Waals surface area contributed by atoms with Gasteiger partial charge in [-0.3, -0.25) is 9.89 Å². The minimum atomic E-state index is -4.11. The lowest BCUT2D eigenvalue weighted by atomic mass is 10.1. The third-order valence-electron chi connectivity index (χ3n) is 3.13. The molecule has 0 aromatic rings. The van der Waals surface area contributed by atoms with Crippen LogP contribution in [-0.4, -0.2) is 49.8 Å². The van der Waals surface area contributed by atoms with Crippen LogP contribution in [0.5, 0.6) is 0 Å². The highest BCUT2D eigenvalue weighted by Crippen LogP contribution is 2.22. The summed E-state index contributed by atoms with van der Waals surface area (Å²) in [6, 6.07) is 0. The first-order valence-electron chi connectivity index (χ1n) is 6.73. The topological polar surface area (TPSA) is 53.6 Å². The third kappa shape index (κ3) is 8.83. The van der Waals surface area contributed by atoms with E-state index in [4.69, 9.17) is 5.73 Å². The van der Waals surface area contributed by atoms with Crippen molar-refractivity contribution in [3.05, 3.63) is 0 Å². The average Bonchev–Trinajstić information content (AvgIpc) is 2.72. The lowest BCUT2D eigenvalue weighted by Crippen LogP contribution is -2.34. The van der Waals surface area contributed by atoms with Crippen LogP contribution in [0.15, 0.2) is 4.99 Å². The number of likely N-dealkylation sites (tertiary alicyclic amines) is 1. The summed E-state index contributed by atoms with van der Waals surface area (Å²) in [6.45, 7) is 3.49. The molecule has 1 atom stereocenters. The summed E-state index contributed by atoms with van der Waals surface area (Å²) in [5.41, 5.74) is 5.67. The zero-order chi connectivity index (χ0) is 14.3. The van der Waals surface area contributed by atoms with Gasteiger partial charge in [-0.05, 0) is 25.3 Å². The standard InChI is InChI=1S/C12H23F3N4.HI/c1-2-3-5-17-11(16)18-7-10-4-6-19(8-10)9-12(13,14)15;/h10H,2-9H2,1H3,(H3,16,17,18);1H. The molecule has 1 fully saturated rings. The molecule has 1 rings (SSSR count). The van der Waals surface area contributed by atoms with Crippen LogP contribution >= 0.6 is 24.0 Å². The third-order valence-corrected chi connectivity index (χ3v) is 3.13. The number of alkyl halides is 3. The van der Waals surface area contributed by atoms with Crippen LogP contribution in [0.4, 0.5) is 13.2 Å². The van der Waals surface area contributed by atoms with Crippen LogP contribution in [0.1, 0.15) is 26.2 Å². The number of nitrogens with zero attached hydrogens (tertiary/aromatic N) is 2. The number of hydrogen-bond donors (Lipinski definition) is 2. The van der Waals surface area contributed by atoms with Gasteiger partial charge in [0, 0.05) is 19.6 Å². The van der Waals surface area contributed by atoms with E-state index in [-0.39, 0.29) is 29.9 Å². The second-order valence-electron chi connectivity index (χ2n) is 5.01. The molecule has 3 N–H and O–H groups in total. The van der Waals surface area contributed by atoms with Crippen molar-refractivity contribution < 1.29 is 13.2 Å². The fourth-order valence-electron chi connectivity index (χ4n) is 2.14. The Morgan fingerprint density at radius 3 is 2.75 bits per heavy atom. The Bertz CT molecular complexity index is 297. The van der Waals surface area contributed by atoms with Gasteiger partial charge in [-0.25, -0.2) is 0 Å². The molecule has 0 bridgehead atoms. The highest BCUT2D eigenvalue weighted by Gasteiger charge is 2.34. The molecule has 20 heavy (non-hydrogen) atoms. The molecule has 1 heterocycles. The molecular formula is C12H24F3IN4. The van der Waals surface area contributed by atoms with Crippen LogP contribution in [0.3, 0.4) is 0 Å². The van der Waals surface area contributed by atoms with E-state index in [1.807, 2.05) is 0 Å². The molecule has 0 aliphatic carbocycles. The molecule has 0 spiro atoms. The van der Waals surface area contributed by atoms with Crippen LogP contribution in [0.25, 0.3) is 0 Å². The lowest BCUT2D eigenvalue weighted by Gasteiger charge is -2.17. The van der Waals surface area contributed by atoms with E-state index in [1.54, 1.807) is 0 Å². The molecule has 0 aromatic heterocycles. The Morgan fingerprint density at radius 2 is 2.15 bits per heavy atom. The number of nitrogens with one attached hydrogen (secondary N) is 1. The van der Waals surface area contributed by atoms with Crippen LogP contribution < -0.4 is 11.1 Å². The van der Waals surface area contributed by atoms with Crippen molar-refractivity contribution in [2.75, 3.05) is 32.7 Å². The maximum absolute atomic E-state index is 12.2. The van der Waals surface area contributed by atoms with Gasteiger partial charge in [-0.1, -0.05) is 13.3 Å². The zero-order valence-electron chi connectivity index (χ0n) is 11.7. The smallest absolute Gasteiger partial charge is 0.370 e. The van der Waals surface area contributed by atoms with Crippen LogP contribution in [0.2, 0.25) is 0 Å². The molecule has 120 valence electrons. The first kappa shape index (κ1) is 19.8. The Morgan fingerprint density at radius 1 is 1.45 bits per heavy atom. The van der Waals surface area contributed by atoms with Crippen molar-refractivity contribution in [3.63, 3.8) is 0 Å². The predicted molar refractivity (Wildman–Crippen MR) is 85.4 cm³/mol. The number of halogens is 4. The fraction of sp³-hybridized carbons (Fsp3) is 0.917. The summed E-state index contributed by atoms with van der Waals surface area (Å²) in [7, 11) is 0. The van der Waals surface area contributed by atoms with E-state index in [1.165, 1.54) is 4.90 Å². The molecule has 8 heteroatoms. The van der Waals surface area contributed by atoms with Crippen molar-refractivity contribution in [2.45, 2.75) is 32.4 Å². The molecule has 1 saturated heterocycles. The summed E-state index contributed by atoms with van der Waals surface area (Å²) in [5, 5.41) is 2.99. The first-order valence-corrected chi connectivity index (χ1v) is 6.73. The minimum Gasteiger partial charge on any atom is -0.370 e. The van der Waals surface area contributed by atoms with E-state index < -0.39 is 12.7 Å². The fourth-order valence-corrected chi connectivity index (χ4v) is 2.14. The Hall–Kier alpha value is -0.250. The second kappa shape index (κ2) is 9.64. The van der Waals surface area contributed by atoms with E-state index >= 15 is 0 Å². The predicted octanol–water partition coefficient (Wildman–Crippen LogP) is 2.19. The van der Waals surface area contributed by atoms with Crippen molar-refractivity contribution in [3.8, 4) is 0 Å². The SMILES string of the molecule is CCCCNC(N)=NCC1CCN(CC(F)(F)F)C1.I. The van der Waals surface area contributed by atoms with Crippen molar-refractivity contribution in [2.24, 2.45) is 16.6 Å². The molecular weight excluding hydrogens is 384 g/mol. The number of hydrogen-bond acceptors (Lipinski definition) is 2. The zero-order valence-corrected chi connectivity index (χ0v) is 14.1. The van der Waals surface area contributed by atoms with Gasteiger partial charge in [0.05, 0.1) is 6.54 Å². The van der Waals surface area contributed by atoms with E-state index in [0.29, 0.717) is 25.6 Å². The number of aliphatic imine (C=N–C) groups is 1. The van der Waals surface area contributed by atoms with Gasteiger partial charge in [0.1, 0.15) is 0 Å². The molecule has 0 radical (unpaired) electrons. The molecule has 1 aliphatic heterocycles. The van der Waals surface area contributed by atoms with E-state index in [2.05, 4.69) is 17.2 Å². The molecule has 0 amide bonds. The summed E-state index contributed by atoms with van der Waals surface area (Å²) < 4.78 is 36.7. The monoisotopic (exact) mass is 408 g/mol. The Labute approximate surface area is 135 Å². The van der Waals surface area contributed by atoms with Crippen LogP contribution in [-0.2, 0) is 0 Å². The van der Waals surface area contributed by atoms with E-state index in [9.17, 15) is 13.2 Å². The quantitative estimate of drug-likeness (QED) is 0.307. The highest BCUT2D eigenvalue weighted by atomic mass is 127. The number of unbranched alkanes of at least 4 members (excludes halogenated alkanes) is 1. The number of nitrogens with two attached hydrogens (primary N) is 1. The number of rotatable bonds is 6. The maximum Gasteiger partial charge on any atom is 0.401 e. The van der Waals surface area contributed by atoms with Gasteiger partial charge < -0.3 is 11.1 Å². The number of guanidine groups is 1. The van der Waals surface area contributed by atoms with Crippen LogP contribution in [0, 0.1) is 5.92 Å². The second-order valence-corrected chi connectivity index (χ2v) is 5.01. The van der Waals surface area contributed by atoms with Crippen molar-refractivity contribution in [1.29, 1.82) is 0 Å². The average molecular weight is 408 g/mol. The normalized spacial score (nSPS) is 20.8. The summed E-state index contributed by atoms with van der Waals surface area (Å²) in [4.78, 5) is 5.62. The molecule has 1 unspecified atom stereocenters. The highest BCUT2D eigenvalue weighted by molar-refractivity contribution is 14.0. The molecule has 0 aromatic carbocycles. The minimum absolute atomic E-state index is 0. The Kier molecular flexibility index (Phi) is 9.52. The summed E-state index contributed by atoms with van der Waals surface area (Å²) >= 11 is 0. The first-order chi connectivity index (χ1) is 8.90.